The number of ether oxygens (including phenoxy) is 1. The molecule has 3 nitrogen and oxygen atoms in total. The Labute approximate surface area is 87.8 Å². The summed E-state index contributed by atoms with van der Waals surface area (Å²) in [6.07, 6.45) is 1.04. The van der Waals surface area contributed by atoms with Crippen molar-refractivity contribution in [3.63, 3.8) is 0 Å². The summed E-state index contributed by atoms with van der Waals surface area (Å²) in [4.78, 5) is 5.56. The van der Waals surface area contributed by atoms with Crippen LogP contribution in [0.1, 0.15) is 24.3 Å². The molecule has 0 saturated carbocycles. The van der Waals surface area contributed by atoms with Crippen LogP contribution >= 0.6 is 11.3 Å². The second-order valence-electron chi connectivity index (χ2n) is 3.16. The molecule has 0 spiro atoms. The van der Waals surface area contributed by atoms with Gasteiger partial charge in [0.2, 0.25) is 0 Å². The molecule has 0 bridgehead atoms. The number of thiophene rings is 1. The number of nitrogens with one attached hydrogen (secondary N) is 1. The quantitative estimate of drug-likeness (QED) is 0.829. The number of hydrogen-bond acceptors (Lipinski definition) is 4. The van der Waals surface area contributed by atoms with Gasteiger partial charge in [-0.1, -0.05) is 13.0 Å². The molecule has 1 aliphatic heterocycles. The van der Waals surface area contributed by atoms with Gasteiger partial charge in [-0.25, -0.2) is 4.99 Å². The maximum absolute atomic E-state index is 5.33. The molecule has 0 fully saturated rings. The van der Waals surface area contributed by atoms with Gasteiger partial charge in [-0.2, -0.15) is 0 Å². The van der Waals surface area contributed by atoms with Gasteiger partial charge in [-0.05, 0) is 17.9 Å². The van der Waals surface area contributed by atoms with Gasteiger partial charge in [0.05, 0.1) is 12.6 Å². The first-order valence-corrected chi connectivity index (χ1v) is 5.75. The van der Waals surface area contributed by atoms with Crippen LogP contribution in [0, 0.1) is 0 Å². The smallest absolute Gasteiger partial charge is 0.285 e. The number of hydrogen-bond donors (Lipinski definition) is 1. The average Bonchev–Trinajstić information content (AvgIpc) is 2.86. The van der Waals surface area contributed by atoms with Crippen LogP contribution in [0.25, 0.3) is 0 Å². The molecule has 1 N–H and O–H groups in total. The van der Waals surface area contributed by atoms with E-state index in [0.717, 1.165) is 13.0 Å². The Hall–Kier alpha value is -1.03. The number of aliphatic imine (C=N–C) groups is 1. The lowest BCUT2D eigenvalue weighted by atomic mass is 10.2. The third kappa shape index (κ3) is 2.07. The van der Waals surface area contributed by atoms with Crippen molar-refractivity contribution in [2.75, 3.05) is 13.2 Å². The lowest BCUT2D eigenvalue weighted by molar-refractivity contribution is 0.324. The van der Waals surface area contributed by atoms with Crippen LogP contribution in [0.2, 0.25) is 0 Å². The summed E-state index contributed by atoms with van der Waals surface area (Å²) in [7, 11) is 0. The zero-order chi connectivity index (χ0) is 9.80. The summed E-state index contributed by atoms with van der Waals surface area (Å²) >= 11 is 1.77. The molecule has 2 rings (SSSR count). The van der Waals surface area contributed by atoms with E-state index in [4.69, 9.17) is 4.74 Å². The second kappa shape index (κ2) is 4.46. The monoisotopic (exact) mass is 210 g/mol. The largest absolute Gasteiger partial charge is 0.463 e. The lowest BCUT2D eigenvalue weighted by Crippen LogP contribution is -2.27. The molecule has 0 radical (unpaired) electrons. The molecule has 1 atom stereocenters. The van der Waals surface area contributed by atoms with E-state index in [9.17, 15) is 0 Å². The zero-order valence-electron chi connectivity index (χ0n) is 8.19. The van der Waals surface area contributed by atoms with Gasteiger partial charge in [0.1, 0.15) is 6.61 Å². The predicted octanol–water partition coefficient (Wildman–Crippen LogP) is 2.17. The molecule has 4 heteroatoms. The topological polar surface area (TPSA) is 33.6 Å². The highest BCUT2D eigenvalue weighted by atomic mass is 32.1. The second-order valence-corrected chi connectivity index (χ2v) is 4.14. The van der Waals surface area contributed by atoms with Crippen molar-refractivity contribution >= 4 is 17.4 Å². The van der Waals surface area contributed by atoms with Gasteiger partial charge in [0.25, 0.3) is 6.02 Å². The summed E-state index contributed by atoms with van der Waals surface area (Å²) in [5.74, 6) is 0. The first-order chi connectivity index (χ1) is 6.90. The molecule has 1 aromatic heterocycles. The van der Waals surface area contributed by atoms with Gasteiger partial charge in [-0.15, -0.1) is 11.3 Å². The highest BCUT2D eigenvalue weighted by molar-refractivity contribution is 7.10. The van der Waals surface area contributed by atoms with Crippen molar-refractivity contribution in [2.45, 2.75) is 19.4 Å². The number of rotatable bonds is 3. The fraction of sp³-hybridized carbons (Fsp3) is 0.500. The van der Waals surface area contributed by atoms with Crippen LogP contribution in [0.15, 0.2) is 22.5 Å². The maximum Gasteiger partial charge on any atom is 0.285 e. The third-order valence-electron chi connectivity index (χ3n) is 2.18. The molecule has 0 amide bonds. The van der Waals surface area contributed by atoms with Gasteiger partial charge >= 0.3 is 0 Å². The van der Waals surface area contributed by atoms with E-state index in [-0.39, 0.29) is 0 Å². The SMILES string of the molecule is CC[C@H](NC1=NCCO1)c1cccs1. The van der Waals surface area contributed by atoms with Crippen LogP contribution in [-0.4, -0.2) is 19.2 Å². The van der Waals surface area contributed by atoms with E-state index in [1.807, 2.05) is 0 Å². The van der Waals surface area contributed by atoms with Crippen LogP contribution in [0.5, 0.6) is 0 Å². The van der Waals surface area contributed by atoms with Crippen molar-refractivity contribution in [3.8, 4) is 0 Å². The maximum atomic E-state index is 5.33. The summed E-state index contributed by atoms with van der Waals surface area (Å²) in [6, 6.07) is 5.25. The molecular formula is C10H14N2OS. The minimum Gasteiger partial charge on any atom is -0.463 e. The first kappa shape index (κ1) is 9.52. The minimum absolute atomic E-state index is 0.340. The average molecular weight is 210 g/mol. The molecule has 1 aromatic rings. The Morgan fingerprint density at radius 2 is 2.64 bits per heavy atom. The van der Waals surface area contributed by atoms with Crippen LogP contribution in [0.4, 0.5) is 0 Å². The standard InChI is InChI=1S/C10H14N2OS/c1-2-8(9-4-3-7-14-9)12-10-11-5-6-13-10/h3-4,7-8H,2,5-6H2,1H3,(H,11,12)/t8-/m0/s1. The van der Waals surface area contributed by atoms with E-state index in [0.29, 0.717) is 18.7 Å². The molecule has 0 unspecified atom stereocenters. The van der Waals surface area contributed by atoms with Crippen molar-refractivity contribution in [2.24, 2.45) is 4.99 Å². The molecular weight excluding hydrogens is 196 g/mol. The lowest BCUT2D eigenvalue weighted by Gasteiger charge is -2.15. The van der Waals surface area contributed by atoms with E-state index in [1.165, 1.54) is 4.88 Å². The summed E-state index contributed by atoms with van der Waals surface area (Å²) in [6.45, 7) is 3.65. The van der Waals surface area contributed by atoms with Crippen LogP contribution in [0.3, 0.4) is 0 Å². The highest BCUT2D eigenvalue weighted by Crippen LogP contribution is 2.21. The Balaban J connectivity index is 2.00. The van der Waals surface area contributed by atoms with E-state index in [1.54, 1.807) is 11.3 Å². The molecule has 2 heterocycles. The minimum atomic E-state index is 0.340. The Morgan fingerprint density at radius 3 is 3.21 bits per heavy atom. The fourth-order valence-corrected chi connectivity index (χ4v) is 2.30. The normalized spacial score (nSPS) is 17.4. The van der Waals surface area contributed by atoms with Crippen LogP contribution in [-0.2, 0) is 4.74 Å². The number of nitrogens with zero attached hydrogens (tertiary/aromatic N) is 1. The molecule has 76 valence electrons. The van der Waals surface area contributed by atoms with Crippen molar-refractivity contribution in [1.82, 2.24) is 5.32 Å². The highest BCUT2D eigenvalue weighted by Gasteiger charge is 2.15. The summed E-state index contributed by atoms with van der Waals surface area (Å²) in [5, 5.41) is 5.40. The van der Waals surface area contributed by atoms with Gasteiger partial charge in [0, 0.05) is 4.88 Å². The van der Waals surface area contributed by atoms with Crippen molar-refractivity contribution < 1.29 is 4.74 Å². The Morgan fingerprint density at radius 1 is 1.71 bits per heavy atom. The molecule has 14 heavy (non-hydrogen) atoms. The Kier molecular flexibility index (Phi) is 3.03. The molecule has 0 aromatic carbocycles. The third-order valence-corrected chi connectivity index (χ3v) is 3.16. The van der Waals surface area contributed by atoms with E-state index >= 15 is 0 Å². The van der Waals surface area contributed by atoms with Gasteiger partial charge < -0.3 is 10.1 Å². The zero-order valence-corrected chi connectivity index (χ0v) is 9.01. The van der Waals surface area contributed by atoms with Crippen molar-refractivity contribution in [1.29, 1.82) is 0 Å². The van der Waals surface area contributed by atoms with E-state index < -0.39 is 0 Å². The summed E-state index contributed by atoms with van der Waals surface area (Å²) < 4.78 is 5.33. The fourth-order valence-electron chi connectivity index (χ4n) is 1.44. The number of amidine groups is 1. The van der Waals surface area contributed by atoms with Gasteiger partial charge in [0.15, 0.2) is 0 Å². The molecule has 1 aliphatic rings. The predicted molar refractivity (Wildman–Crippen MR) is 58.7 cm³/mol. The summed E-state index contributed by atoms with van der Waals surface area (Å²) in [5.41, 5.74) is 0. The first-order valence-electron chi connectivity index (χ1n) is 4.87. The van der Waals surface area contributed by atoms with Gasteiger partial charge in [-0.3, -0.25) is 0 Å². The van der Waals surface area contributed by atoms with E-state index in [2.05, 4.69) is 34.7 Å². The van der Waals surface area contributed by atoms with Crippen LogP contribution < -0.4 is 5.32 Å². The molecule has 0 saturated heterocycles. The molecule has 0 aliphatic carbocycles. The van der Waals surface area contributed by atoms with Crippen molar-refractivity contribution in [3.05, 3.63) is 22.4 Å². The Bertz CT molecular complexity index is 308.